The van der Waals surface area contributed by atoms with Gasteiger partial charge in [0.15, 0.2) is 9.50 Å². The summed E-state index contributed by atoms with van der Waals surface area (Å²) in [6.45, 7) is 0. The van der Waals surface area contributed by atoms with E-state index in [1.54, 1.807) is 18.3 Å². The van der Waals surface area contributed by atoms with Crippen LogP contribution in [0.3, 0.4) is 0 Å². The van der Waals surface area contributed by atoms with Crippen LogP contribution in [0.25, 0.3) is 11.3 Å². The Morgan fingerprint density at radius 1 is 1.24 bits per heavy atom. The molecule has 3 aromatic rings. The normalized spacial score (nSPS) is 10.2. The Morgan fingerprint density at radius 2 is 2.04 bits per heavy atom. The Kier molecular flexibility index (Phi) is 5.95. The zero-order valence-electron chi connectivity index (χ0n) is 12.6. The van der Waals surface area contributed by atoms with Crippen molar-refractivity contribution in [1.82, 2.24) is 15.0 Å². The van der Waals surface area contributed by atoms with Crippen LogP contribution in [0.15, 0.2) is 50.4 Å². The van der Waals surface area contributed by atoms with Crippen LogP contribution < -0.4 is 0 Å². The number of thiazole rings is 1. The molecule has 0 aliphatic rings. The van der Waals surface area contributed by atoms with Crippen molar-refractivity contribution >= 4 is 46.5 Å². The number of nitrogens with zero attached hydrogens (tertiary/aromatic N) is 4. The van der Waals surface area contributed by atoms with Gasteiger partial charge in [-0.2, -0.15) is 5.26 Å². The lowest BCUT2D eigenvalue weighted by Crippen LogP contribution is -1.99. The van der Waals surface area contributed by atoms with E-state index in [0.717, 1.165) is 9.90 Å². The van der Waals surface area contributed by atoms with Gasteiger partial charge in [0.1, 0.15) is 16.7 Å². The Bertz CT molecular complexity index is 957. The fraction of sp³-hybridized carbons (Fsp3) is 0.0588. The number of terminal acetylenes is 1. The summed E-state index contributed by atoms with van der Waals surface area (Å²) in [6.07, 6.45) is 7.06. The summed E-state index contributed by atoms with van der Waals surface area (Å²) in [7, 11) is 0. The highest BCUT2D eigenvalue weighted by atomic mass is 35.5. The number of hydrogen-bond acceptors (Lipinski definition) is 7. The topological polar surface area (TPSA) is 62.5 Å². The second kappa shape index (κ2) is 8.37. The van der Waals surface area contributed by atoms with Gasteiger partial charge in [-0.1, -0.05) is 41.4 Å². The van der Waals surface area contributed by atoms with Gasteiger partial charge in [0.05, 0.1) is 11.4 Å². The van der Waals surface area contributed by atoms with Gasteiger partial charge >= 0.3 is 0 Å². The van der Waals surface area contributed by atoms with Gasteiger partial charge in [0.25, 0.3) is 0 Å². The fourth-order valence-electron chi connectivity index (χ4n) is 1.93. The van der Waals surface area contributed by atoms with E-state index < -0.39 is 0 Å². The van der Waals surface area contributed by atoms with Gasteiger partial charge in [-0.3, -0.25) is 0 Å². The second-order valence-electron chi connectivity index (χ2n) is 4.55. The zero-order chi connectivity index (χ0) is 17.6. The molecule has 0 aliphatic heterocycles. The Hall–Kier alpha value is -2.03. The third-order valence-corrected chi connectivity index (χ3v) is 5.84. The molecule has 4 nitrogen and oxygen atoms in total. The molecule has 25 heavy (non-hydrogen) atoms. The average molecular weight is 401 g/mol. The maximum absolute atomic E-state index is 9.69. The molecule has 0 fully saturated rings. The number of nitriles is 1. The summed E-state index contributed by atoms with van der Waals surface area (Å²) >= 11 is 10.2. The molecule has 0 aliphatic carbocycles. The molecule has 2 aromatic heterocycles. The first-order chi connectivity index (χ1) is 12.2. The molecule has 0 radical (unpaired) electrons. The van der Waals surface area contributed by atoms with Crippen molar-refractivity contribution in [1.29, 1.82) is 5.26 Å². The first kappa shape index (κ1) is 17.8. The predicted molar refractivity (Wildman–Crippen MR) is 103 cm³/mol. The largest absolute Gasteiger partial charge is 0.238 e. The minimum atomic E-state index is 0.410. The molecule has 0 N–H and O–H groups in total. The van der Waals surface area contributed by atoms with Gasteiger partial charge < -0.3 is 0 Å². The quantitative estimate of drug-likeness (QED) is 0.260. The van der Waals surface area contributed by atoms with Gasteiger partial charge in [-0.15, -0.1) is 17.8 Å². The Labute approximate surface area is 162 Å². The van der Waals surface area contributed by atoms with Gasteiger partial charge in [-0.05, 0) is 23.9 Å². The molecule has 0 spiro atoms. The van der Waals surface area contributed by atoms with E-state index in [2.05, 4.69) is 26.9 Å². The third-order valence-electron chi connectivity index (χ3n) is 2.96. The molecule has 8 heteroatoms. The minimum absolute atomic E-state index is 0.410. The Morgan fingerprint density at radius 3 is 2.68 bits per heavy atom. The van der Waals surface area contributed by atoms with Gasteiger partial charge in [-0.25, -0.2) is 15.0 Å². The highest BCUT2D eigenvalue weighted by Gasteiger charge is 2.18. The van der Waals surface area contributed by atoms with Crippen molar-refractivity contribution in [2.75, 3.05) is 5.75 Å². The van der Waals surface area contributed by atoms with E-state index in [-0.39, 0.29) is 0 Å². The molecule has 3 rings (SSSR count). The summed E-state index contributed by atoms with van der Waals surface area (Å²) in [4.78, 5) is 13.3. The van der Waals surface area contributed by atoms with Crippen LogP contribution in [0.4, 0.5) is 0 Å². The molecule has 0 amide bonds. The first-order valence-electron chi connectivity index (χ1n) is 6.93. The van der Waals surface area contributed by atoms with Crippen molar-refractivity contribution in [2.45, 2.75) is 14.5 Å². The molecule has 0 bridgehead atoms. The van der Waals surface area contributed by atoms with E-state index in [1.165, 1.54) is 34.9 Å². The van der Waals surface area contributed by atoms with Gasteiger partial charge in [0.2, 0.25) is 0 Å². The van der Waals surface area contributed by atoms with Crippen molar-refractivity contribution in [3.05, 3.63) is 46.4 Å². The molecule has 122 valence electrons. The summed E-state index contributed by atoms with van der Waals surface area (Å²) in [6, 6.07) is 9.42. The SMILES string of the molecule is C#CCSc1nc(Sc2nccs2)c(C#N)c(-c2ccc(Cl)cc2)n1. The van der Waals surface area contributed by atoms with E-state index in [4.69, 9.17) is 18.0 Å². The summed E-state index contributed by atoms with van der Waals surface area (Å²) in [5.41, 5.74) is 1.77. The number of hydrogen-bond donors (Lipinski definition) is 0. The number of aromatic nitrogens is 3. The molecular weight excluding hydrogens is 392 g/mol. The predicted octanol–water partition coefficient (Wildman–Crippen LogP) is 5.00. The van der Waals surface area contributed by atoms with Crippen molar-refractivity contribution in [3.63, 3.8) is 0 Å². The molecular formula is C17H9ClN4S3. The molecule has 0 saturated heterocycles. The van der Waals surface area contributed by atoms with Crippen LogP contribution in [0.2, 0.25) is 5.02 Å². The third kappa shape index (κ3) is 4.33. The fourth-order valence-corrected chi connectivity index (χ4v) is 4.25. The van der Waals surface area contributed by atoms with Gasteiger partial charge in [0, 0.05) is 22.2 Å². The number of benzene rings is 1. The lowest BCUT2D eigenvalue weighted by atomic mass is 10.1. The van der Waals surface area contributed by atoms with E-state index >= 15 is 0 Å². The van der Waals surface area contributed by atoms with Crippen LogP contribution >= 0.6 is 46.5 Å². The monoisotopic (exact) mass is 400 g/mol. The van der Waals surface area contributed by atoms with Crippen molar-refractivity contribution in [2.24, 2.45) is 0 Å². The van der Waals surface area contributed by atoms with Crippen LogP contribution in [-0.2, 0) is 0 Å². The molecule has 1 aromatic carbocycles. The lowest BCUT2D eigenvalue weighted by Gasteiger charge is -2.09. The highest BCUT2D eigenvalue weighted by Crippen LogP contribution is 2.35. The zero-order valence-corrected chi connectivity index (χ0v) is 15.8. The number of rotatable bonds is 5. The summed E-state index contributed by atoms with van der Waals surface area (Å²) in [5, 5.41) is 13.3. The van der Waals surface area contributed by atoms with Crippen LogP contribution in [0, 0.1) is 23.7 Å². The second-order valence-corrected chi connectivity index (χ2v) is 8.06. The maximum Gasteiger partial charge on any atom is 0.190 e. The lowest BCUT2D eigenvalue weighted by molar-refractivity contribution is 0.889. The average Bonchev–Trinajstić information content (AvgIpc) is 3.13. The molecule has 0 unspecified atom stereocenters. The van der Waals surface area contributed by atoms with Crippen LogP contribution in [-0.4, -0.2) is 20.7 Å². The summed E-state index contributed by atoms with van der Waals surface area (Å²) in [5.74, 6) is 3.01. The highest BCUT2D eigenvalue weighted by molar-refractivity contribution is 8.01. The molecule has 2 heterocycles. The first-order valence-corrected chi connectivity index (χ1v) is 9.99. The van der Waals surface area contributed by atoms with E-state index in [9.17, 15) is 5.26 Å². The Balaban J connectivity index is 2.12. The smallest absolute Gasteiger partial charge is 0.190 e. The molecule has 0 saturated carbocycles. The maximum atomic E-state index is 9.69. The van der Waals surface area contributed by atoms with E-state index in [1.807, 2.05) is 17.5 Å². The summed E-state index contributed by atoms with van der Waals surface area (Å²) < 4.78 is 0.810. The number of thioether (sulfide) groups is 1. The minimum Gasteiger partial charge on any atom is -0.238 e. The standard InChI is InChI=1S/C17H9ClN4S3/c1-2-8-23-16-21-14(11-3-5-12(18)6-4-11)13(10-19)15(22-16)25-17-20-7-9-24-17/h1,3-7,9H,8H2. The van der Waals surface area contributed by atoms with Crippen LogP contribution in [0.5, 0.6) is 0 Å². The van der Waals surface area contributed by atoms with Crippen molar-refractivity contribution < 1.29 is 0 Å². The molecule has 0 atom stereocenters. The van der Waals surface area contributed by atoms with E-state index in [0.29, 0.717) is 32.2 Å². The van der Waals surface area contributed by atoms with Crippen molar-refractivity contribution in [3.8, 4) is 29.7 Å². The van der Waals surface area contributed by atoms with Crippen LogP contribution in [0.1, 0.15) is 5.56 Å². The number of halogens is 1.